The molecule has 104 valence electrons. The Balaban J connectivity index is 1.84. The molecule has 0 bridgehead atoms. The number of nitrogens with one attached hydrogen (secondary N) is 1. The Labute approximate surface area is 124 Å². The van der Waals surface area contributed by atoms with Crippen LogP contribution in [0.25, 0.3) is 0 Å². The van der Waals surface area contributed by atoms with Crippen LogP contribution >= 0.6 is 22.7 Å². The smallest absolute Gasteiger partial charge is 0.0303 e. The molecule has 1 nitrogen and oxygen atoms in total. The minimum absolute atomic E-state index is 0.271. The monoisotopic (exact) mass is 293 g/mol. The third-order valence-electron chi connectivity index (χ3n) is 3.07. The first-order valence-corrected chi connectivity index (χ1v) is 8.50. The molecule has 0 aromatic carbocycles. The fourth-order valence-corrected chi connectivity index (χ4v) is 3.85. The second-order valence-electron chi connectivity index (χ2n) is 5.84. The Morgan fingerprint density at radius 2 is 1.47 bits per heavy atom. The molecule has 0 unspecified atom stereocenters. The van der Waals surface area contributed by atoms with Crippen LogP contribution in [0.5, 0.6) is 0 Å². The van der Waals surface area contributed by atoms with Crippen LogP contribution in [0.4, 0.5) is 0 Å². The van der Waals surface area contributed by atoms with Gasteiger partial charge < -0.3 is 5.32 Å². The maximum atomic E-state index is 3.54. The summed E-state index contributed by atoms with van der Waals surface area (Å²) >= 11 is 3.84. The molecule has 0 aliphatic rings. The lowest BCUT2D eigenvalue weighted by Gasteiger charge is -2.15. The SMILES string of the molecule is CCc1ccc(CNCc2ccc(C(C)(C)C)s2)s1. The second kappa shape index (κ2) is 6.21. The van der Waals surface area contributed by atoms with E-state index in [-0.39, 0.29) is 5.41 Å². The molecule has 2 rings (SSSR count). The van der Waals surface area contributed by atoms with Crippen LogP contribution in [-0.4, -0.2) is 0 Å². The Morgan fingerprint density at radius 1 is 0.895 bits per heavy atom. The molecule has 0 atom stereocenters. The average molecular weight is 294 g/mol. The predicted octanol–water partition coefficient (Wildman–Crippen LogP) is 4.96. The van der Waals surface area contributed by atoms with E-state index in [9.17, 15) is 0 Å². The summed E-state index contributed by atoms with van der Waals surface area (Å²) in [5.74, 6) is 0. The molecule has 0 radical (unpaired) electrons. The van der Waals surface area contributed by atoms with E-state index >= 15 is 0 Å². The topological polar surface area (TPSA) is 12.0 Å². The molecular weight excluding hydrogens is 270 g/mol. The van der Waals surface area contributed by atoms with Gasteiger partial charge in [-0.15, -0.1) is 22.7 Å². The third-order valence-corrected chi connectivity index (χ3v) is 5.81. The van der Waals surface area contributed by atoms with E-state index in [0.29, 0.717) is 0 Å². The van der Waals surface area contributed by atoms with Gasteiger partial charge in [0, 0.05) is 32.6 Å². The molecule has 0 saturated carbocycles. The Morgan fingerprint density at radius 3 is 2.00 bits per heavy atom. The van der Waals surface area contributed by atoms with Gasteiger partial charge in [0.2, 0.25) is 0 Å². The van der Waals surface area contributed by atoms with E-state index in [2.05, 4.69) is 57.3 Å². The van der Waals surface area contributed by atoms with Crippen LogP contribution < -0.4 is 5.32 Å². The van der Waals surface area contributed by atoms with E-state index in [4.69, 9.17) is 0 Å². The van der Waals surface area contributed by atoms with E-state index in [1.54, 1.807) is 0 Å². The van der Waals surface area contributed by atoms with Gasteiger partial charge in [0.1, 0.15) is 0 Å². The first-order valence-electron chi connectivity index (χ1n) is 6.86. The van der Waals surface area contributed by atoms with Crippen LogP contribution in [0.1, 0.15) is 47.2 Å². The van der Waals surface area contributed by atoms with Gasteiger partial charge in [-0.2, -0.15) is 0 Å². The molecule has 0 amide bonds. The van der Waals surface area contributed by atoms with E-state index in [1.165, 1.54) is 19.5 Å². The average Bonchev–Trinajstić information content (AvgIpc) is 2.96. The lowest BCUT2D eigenvalue weighted by atomic mass is 9.95. The van der Waals surface area contributed by atoms with Crippen LogP contribution in [0.2, 0.25) is 0 Å². The van der Waals surface area contributed by atoms with Crippen molar-refractivity contribution in [2.45, 2.75) is 52.6 Å². The van der Waals surface area contributed by atoms with Crippen LogP contribution in [0.3, 0.4) is 0 Å². The molecule has 0 spiro atoms. The normalized spacial score (nSPS) is 12.0. The lowest BCUT2D eigenvalue weighted by molar-refractivity contribution is 0.604. The maximum Gasteiger partial charge on any atom is 0.0303 e. The quantitative estimate of drug-likeness (QED) is 0.821. The number of hydrogen-bond donors (Lipinski definition) is 1. The van der Waals surface area contributed by atoms with Gasteiger partial charge in [-0.1, -0.05) is 27.7 Å². The zero-order chi connectivity index (χ0) is 13.9. The van der Waals surface area contributed by atoms with Gasteiger partial charge in [0.15, 0.2) is 0 Å². The van der Waals surface area contributed by atoms with Gasteiger partial charge in [0.25, 0.3) is 0 Å². The van der Waals surface area contributed by atoms with Crippen molar-refractivity contribution >= 4 is 22.7 Å². The largest absolute Gasteiger partial charge is 0.307 e. The number of hydrogen-bond acceptors (Lipinski definition) is 3. The highest BCUT2D eigenvalue weighted by molar-refractivity contribution is 7.12. The summed E-state index contributed by atoms with van der Waals surface area (Å²) in [4.78, 5) is 5.80. The Kier molecular flexibility index (Phi) is 4.82. The highest BCUT2D eigenvalue weighted by Gasteiger charge is 2.15. The van der Waals surface area contributed by atoms with Crippen molar-refractivity contribution < 1.29 is 0 Å². The van der Waals surface area contributed by atoms with Crippen molar-refractivity contribution in [3.05, 3.63) is 43.8 Å². The molecular formula is C16H23NS2. The van der Waals surface area contributed by atoms with Gasteiger partial charge in [-0.25, -0.2) is 0 Å². The molecule has 0 aliphatic carbocycles. The highest BCUT2D eigenvalue weighted by atomic mass is 32.1. The lowest BCUT2D eigenvalue weighted by Crippen LogP contribution is -2.10. The fourth-order valence-electron chi connectivity index (χ4n) is 1.89. The second-order valence-corrected chi connectivity index (χ2v) is 8.26. The van der Waals surface area contributed by atoms with Gasteiger partial charge in [0.05, 0.1) is 0 Å². The van der Waals surface area contributed by atoms with Crippen LogP contribution in [-0.2, 0) is 24.9 Å². The summed E-state index contributed by atoms with van der Waals surface area (Å²) in [6, 6.07) is 9.00. The van der Waals surface area contributed by atoms with Gasteiger partial charge in [-0.3, -0.25) is 0 Å². The number of aryl methyl sites for hydroxylation is 1. The summed E-state index contributed by atoms with van der Waals surface area (Å²) in [6.45, 7) is 11.0. The van der Waals surface area contributed by atoms with Crippen molar-refractivity contribution in [1.82, 2.24) is 5.32 Å². The van der Waals surface area contributed by atoms with E-state index in [0.717, 1.165) is 19.5 Å². The minimum Gasteiger partial charge on any atom is -0.307 e. The fraction of sp³-hybridized carbons (Fsp3) is 0.500. The third kappa shape index (κ3) is 4.16. The molecule has 2 aromatic rings. The van der Waals surface area contributed by atoms with E-state index < -0.39 is 0 Å². The summed E-state index contributed by atoms with van der Waals surface area (Å²) in [6.07, 6.45) is 1.14. The first kappa shape index (κ1) is 14.8. The van der Waals surface area contributed by atoms with Crippen molar-refractivity contribution in [1.29, 1.82) is 0 Å². The summed E-state index contributed by atoms with van der Waals surface area (Å²) in [5, 5.41) is 3.54. The van der Waals surface area contributed by atoms with E-state index in [1.807, 2.05) is 22.7 Å². The van der Waals surface area contributed by atoms with Crippen molar-refractivity contribution in [3.63, 3.8) is 0 Å². The summed E-state index contributed by atoms with van der Waals surface area (Å²) in [7, 11) is 0. The zero-order valence-corrected chi connectivity index (χ0v) is 13.9. The van der Waals surface area contributed by atoms with Crippen molar-refractivity contribution in [3.8, 4) is 0 Å². The summed E-state index contributed by atoms with van der Waals surface area (Å²) < 4.78 is 0. The highest BCUT2D eigenvalue weighted by Crippen LogP contribution is 2.29. The van der Waals surface area contributed by atoms with Gasteiger partial charge >= 0.3 is 0 Å². The molecule has 1 N–H and O–H groups in total. The predicted molar refractivity (Wildman–Crippen MR) is 87.3 cm³/mol. The number of rotatable bonds is 5. The maximum absolute atomic E-state index is 3.54. The van der Waals surface area contributed by atoms with Gasteiger partial charge in [-0.05, 0) is 36.1 Å². The molecule has 2 aromatic heterocycles. The molecule has 0 fully saturated rings. The molecule has 19 heavy (non-hydrogen) atoms. The molecule has 0 saturated heterocycles. The molecule has 0 aliphatic heterocycles. The molecule has 3 heteroatoms. The van der Waals surface area contributed by atoms with Crippen LogP contribution in [0.15, 0.2) is 24.3 Å². The summed E-state index contributed by atoms with van der Waals surface area (Å²) in [5.41, 5.74) is 0.271. The van der Waals surface area contributed by atoms with Crippen molar-refractivity contribution in [2.24, 2.45) is 0 Å². The first-order chi connectivity index (χ1) is 8.99. The Hall–Kier alpha value is -0.640. The van der Waals surface area contributed by atoms with Crippen molar-refractivity contribution in [2.75, 3.05) is 0 Å². The number of thiophene rings is 2. The Bertz CT molecular complexity index is 517. The molecule has 2 heterocycles. The van der Waals surface area contributed by atoms with Crippen LogP contribution in [0, 0.1) is 0 Å². The standard InChI is InChI=1S/C16H23NS2/c1-5-12-6-7-13(18-12)10-17-11-14-8-9-15(19-14)16(2,3)4/h6-9,17H,5,10-11H2,1-4H3. The zero-order valence-electron chi connectivity index (χ0n) is 12.2. The minimum atomic E-state index is 0.271.